The topological polar surface area (TPSA) is 61.8 Å². The molecular weight excluding hydrogens is 220 g/mol. The fraction of sp³-hybridized carbons (Fsp3) is 0.917. The number of hydrogen-bond acceptors (Lipinski definition) is 4. The van der Waals surface area contributed by atoms with E-state index in [2.05, 4.69) is 5.32 Å². The third-order valence-corrected chi connectivity index (χ3v) is 3.74. The molecule has 2 unspecified atom stereocenters. The standard InChI is InChI=1S/C12H22N2O3/c1-9(15)10-2-5-14(6-3-10)12(16)11-8-13-4-7-17-11/h9-11,13,15H,2-8H2,1H3. The number of aliphatic hydroxyl groups is 1. The van der Waals surface area contributed by atoms with Crippen molar-refractivity contribution in [2.75, 3.05) is 32.8 Å². The van der Waals surface area contributed by atoms with Gasteiger partial charge >= 0.3 is 0 Å². The minimum absolute atomic E-state index is 0.0984. The Morgan fingerprint density at radius 2 is 2.18 bits per heavy atom. The SMILES string of the molecule is CC(O)C1CCN(C(=O)C2CNCCO2)CC1. The average Bonchev–Trinajstić information content (AvgIpc) is 2.39. The normalized spacial score (nSPS) is 29.1. The molecule has 5 heteroatoms. The van der Waals surface area contributed by atoms with Crippen molar-refractivity contribution >= 4 is 5.91 Å². The highest BCUT2D eigenvalue weighted by Crippen LogP contribution is 2.21. The van der Waals surface area contributed by atoms with Gasteiger partial charge < -0.3 is 20.1 Å². The van der Waals surface area contributed by atoms with Crippen molar-refractivity contribution in [3.05, 3.63) is 0 Å². The Balaban J connectivity index is 1.81. The van der Waals surface area contributed by atoms with Gasteiger partial charge in [0.2, 0.25) is 0 Å². The Kier molecular flexibility index (Phi) is 4.36. The third kappa shape index (κ3) is 3.18. The lowest BCUT2D eigenvalue weighted by molar-refractivity contribution is -0.147. The first-order chi connectivity index (χ1) is 8.18. The van der Waals surface area contributed by atoms with Crippen LogP contribution in [0.4, 0.5) is 0 Å². The van der Waals surface area contributed by atoms with E-state index in [0.717, 1.165) is 32.5 Å². The van der Waals surface area contributed by atoms with Crippen LogP contribution in [-0.4, -0.2) is 60.9 Å². The highest BCUT2D eigenvalue weighted by Gasteiger charge is 2.30. The molecule has 2 aliphatic rings. The number of piperidine rings is 1. The summed E-state index contributed by atoms with van der Waals surface area (Å²) in [7, 11) is 0. The van der Waals surface area contributed by atoms with Gasteiger partial charge in [0.15, 0.2) is 0 Å². The first-order valence-electron chi connectivity index (χ1n) is 6.47. The number of aliphatic hydroxyl groups excluding tert-OH is 1. The van der Waals surface area contributed by atoms with Crippen molar-refractivity contribution in [3.8, 4) is 0 Å². The Morgan fingerprint density at radius 1 is 1.47 bits per heavy atom. The zero-order valence-corrected chi connectivity index (χ0v) is 10.4. The number of hydrogen-bond donors (Lipinski definition) is 2. The van der Waals surface area contributed by atoms with Crippen LogP contribution in [0.3, 0.4) is 0 Å². The van der Waals surface area contributed by atoms with Crippen molar-refractivity contribution < 1.29 is 14.6 Å². The van der Waals surface area contributed by atoms with Crippen molar-refractivity contribution in [2.45, 2.75) is 32.0 Å². The number of amides is 1. The van der Waals surface area contributed by atoms with E-state index in [-0.39, 0.29) is 18.1 Å². The summed E-state index contributed by atoms with van der Waals surface area (Å²) in [6.07, 6.45) is 1.21. The van der Waals surface area contributed by atoms with Gasteiger partial charge in [0, 0.05) is 26.2 Å². The number of nitrogens with zero attached hydrogens (tertiary/aromatic N) is 1. The molecule has 5 nitrogen and oxygen atoms in total. The summed E-state index contributed by atoms with van der Waals surface area (Å²) in [6, 6.07) is 0. The van der Waals surface area contributed by atoms with Gasteiger partial charge in [0.1, 0.15) is 6.10 Å². The monoisotopic (exact) mass is 242 g/mol. The Hall–Kier alpha value is -0.650. The number of carbonyl (C=O) groups is 1. The van der Waals surface area contributed by atoms with Gasteiger partial charge in [0.25, 0.3) is 5.91 Å². The highest BCUT2D eigenvalue weighted by molar-refractivity contribution is 5.81. The van der Waals surface area contributed by atoms with Crippen LogP contribution in [0.25, 0.3) is 0 Å². The van der Waals surface area contributed by atoms with Crippen molar-refractivity contribution in [1.82, 2.24) is 10.2 Å². The van der Waals surface area contributed by atoms with Gasteiger partial charge in [-0.3, -0.25) is 4.79 Å². The molecule has 2 fully saturated rings. The number of carbonyl (C=O) groups excluding carboxylic acids is 1. The van der Waals surface area contributed by atoms with Gasteiger partial charge in [-0.1, -0.05) is 0 Å². The van der Waals surface area contributed by atoms with E-state index in [1.54, 1.807) is 0 Å². The first-order valence-corrected chi connectivity index (χ1v) is 6.47. The molecule has 0 radical (unpaired) electrons. The van der Waals surface area contributed by atoms with E-state index >= 15 is 0 Å². The quantitative estimate of drug-likeness (QED) is 0.691. The van der Waals surface area contributed by atoms with E-state index in [1.807, 2.05) is 11.8 Å². The number of likely N-dealkylation sites (tertiary alicyclic amines) is 1. The second-order valence-corrected chi connectivity index (χ2v) is 4.97. The van der Waals surface area contributed by atoms with Crippen LogP contribution >= 0.6 is 0 Å². The molecule has 0 aliphatic carbocycles. The summed E-state index contributed by atoms with van der Waals surface area (Å²) in [5.74, 6) is 0.436. The number of nitrogens with one attached hydrogen (secondary N) is 1. The van der Waals surface area contributed by atoms with Gasteiger partial charge in [-0.25, -0.2) is 0 Å². The summed E-state index contributed by atoms with van der Waals surface area (Å²) in [5.41, 5.74) is 0. The van der Waals surface area contributed by atoms with Gasteiger partial charge in [-0.05, 0) is 25.7 Å². The molecule has 2 N–H and O–H groups in total. The second kappa shape index (κ2) is 5.80. The average molecular weight is 242 g/mol. The van der Waals surface area contributed by atoms with E-state index in [4.69, 9.17) is 4.74 Å². The molecular formula is C12H22N2O3. The fourth-order valence-corrected chi connectivity index (χ4v) is 2.53. The molecule has 0 aromatic carbocycles. The fourth-order valence-electron chi connectivity index (χ4n) is 2.53. The minimum Gasteiger partial charge on any atom is -0.393 e. The zero-order chi connectivity index (χ0) is 12.3. The maximum Gasteiger partial charge on any atom is 0.253 e. The summed E-state index contributed by atoms with van der Waals surface area (Å²) < 4.78 is 5.46. The molecule has 2 rings (SSSR count). The molecule has 0 saturated carbocycles. The number of rotatable bonds is 2. The van der Waals surface area contributed by atoms with Crippen molar-refractivity contribution in [3.63, 3.8) is 0 Å². The molecule has 98 valence electrons. The van der Waals surface area contributed by atoms with Crippen LogP contribution in [0, 0.1) is 5.92 Å². The van der Waals surface area contributed by atoms with E-state index in [1.165, 1.54) is 0 Å². The lowest BCUT2D eigenvalue weighted by atomic mass is 9.92. The predicted molar refractivity (Wildman–Crippen MR) is 63.6 cm³/mol. The minimum atomic E-state index is -0.313. The van der Waals surface area contributed by atoms with E-state index in [0.29, 0.717) is 19.1 Å². The molecule has 0 bridgehead atoms. The Morgan fingerprint density at radius 3 is 2.71 bits per heavy atom. The molecule has 17 heavy (non-hydrogen) atoms. The van der Waals surface area contributed by atoms with E-state index < -0.39 is 0 Å². The van der Waals surface area contributed by atoms with E-state index in [9.17, 15) is 9.90 Å². The molecule has 0 aromatic heterocycles. The van der Waals surface area contributed by atoms with Crippen molar-refractivity contribution in [2.24, 2.45) is 5.92 Å². The van der Waals surface area contributed by atoms with Crippen LogP contribution in [0.5, 0.6) is 0 Å². The van der Waals surface area contributed by atoms with Crippen LogP contribution < -0.4 is 5.32 Å². The Labute approximate surface area is 102 Å². The maximum absolute atomic E-state index is 12.1. The number of morpholine rings is 1. The number of ether oxygens (including phenoxy) is 1. The van der Waals surface area contributed by atoms with Crippen LogP contribution in [-0.2, 0) is 9.53 Å². The van der Waals surface area contributed by atoms with Gasteiger partial charge in [-0.2, -0.15) is 0 Å². The maximum atomic E-state index is 12.1. The zero-order valence-electron chi connectivity index (χ0n) is 10.4. The molecule has 2 atom stereocenters. The lowest BCUT2D eigenvalue weighted by Gasteiger charge is -2.36. The Bertz CT molecular complexity index is 256. The second-order valence-electron chi connectivity index (χ2n) is 4.97. The largest absolute Gasteiger partial charge is 0.393 e. The van der Waals surface area contributed by atoms with Crippen LogP contribution in [0.15, 0.2) is 0 Å². The molecule has 2 saturated heterocycles. The smallest absolute Gasteiger partial charge is 0.253 e. The lowest BCUT2D eigenvalue weighted by Crippen LogP contribution is -2.51. The van der Waals surface area contributed by atoms with Gasteiger partial charge in [0.05, 0.1) is 12.7 Å². The molecule has 2 heterocycles. The molecule has 2 aliphatic heterocycles. The third-order valence-electron chi connectivity index (χ3n) is 3.74. The molecule has 0 aromatic rings. The predicted octanol–water partition coefficient (Wildman–Crippen LogP) is -0.406. The molecule has 0 spiro atoms. The summed E-state index contributed by atoms with van der Waals surface area (Å²) >= 11 is 0. The van der Waals surface area contributed by atoms with Gasteiger partial charge in [-0.15, -0.1) is 0 Å². The summed E-state index contributed by atoms with van der Waals surface area (Å²) in [4.78, 5) is 14.0. The molecule has 1 amide bonds. The van der Waals surface area contributed by atoms with Crippen LogP contribution in [0.2, 0.25) is 0 Å². The summed E-state index contributed by atoms with van der Waals surface area (Å²) in [5, 5.41) is 12.7. The highest BCUT2D eigenvalue weighted by atomic mass is 16.5. The first kappa shape index (κ1) is 12.8. The van der Waals surface area contributed by atoms with Crippen LogP contribution in [0.1, 0.15) is 19.8 Å². The summed E-state index contributed by atoms with van der Waals surface area (Å²) in [6.45, 7) is 5.38. The van der Waals surface area contributed by atoms with Crippen molar-refractivity contribution in [1.29, 1.82) is 0 Å².